The van der Waals surface area contributed by atoms with Crippen LogP contribution in [-0.2, 0) is 0 Å². The van der Waals surface area contributed by atoms with Crippen molar-refractivity contribution in [1.29, 1.82) is 0 Å². The van der Waals surface area contributed by atoms with Crippen LogP contribution in [0.5, 0.6) is 0 Å². The number of rotatable bonds is 2. The molecule has 1 saturated carbocycles. The molecule has 0 bridgehead atoms. The fraction of sp³-hybridized carbons (Fsp3) is 1.00. The molecule has 0 amide bonds. The van der Waals surface area contributed by atoms with E-state index in [9.17, 15) is 4.91 Å². The molecule has 1 unspecified atom stereocenters. The molecule has 1 aliphatic rings. The number of nitrogens with zero attached hydrogens (tertiary/aromatic N) is 1. The second-order valence-corrected chi connectivity index (χ2v) is 3.71. The average Bonchev–Trinajstić information content (AvgIpc) is 2.30. The van der Waals surface area contributed by atoms with E-state index in [1.54, 1.807) is 0 Å². The third kappa shape index (κ3) is 1.71. The highest BCUT2D eigenvalue weighted by atomic mass is 127. The fourth-order valence-corrected chi connectivity index (χ4v) is 2.12. The summed E-state index contributed by atoms with van der Waals surface area (Å²) in [4.78, 5) is 10.1. The van der Waals surface area contributed by atoms with Crippen molar-refractivity contribution in [3.63, 3.8) is 0 Å². The third-order valence-corrected chi connectivity index (χ3v) is 3.27. The first-order chi connectivity index (χ1) is 4.77. The SMILES string of the molecule is [B][C@@H]1C[C@H](CI)CC1N=O. The van der Waals surface area contributed by atoms with Crippen molar-refractivity contribution in [1.82, 2.24) is 0 Å². The van der Waals surface area contributed by atoms with Crippen LogP contribution in [0.4, 0.5) is 0 Å². The molecule has 0 aliphatic heterocycles. The van der Waals surface area contributed by atoms with E-state index in [0.29, 0.717) is 5.92 Å². The van der Waals surface area contributed by atoms with Gasteiger partial charge in [-0.05, 0) is 12.3 Å². The number of alkyl halides is 1. The molecular formula is C6H9BINO. The summed E-state index contributed by atoms with van der Waals surface area (Å²) in [7, 11) is 5.66. The first kappa shape index (κ1) is 8.49. The minimum atomic E-state index is -0.111. The van der Waals surface area contributed by atoms with Crippen LogP contribution < -0.4 is 0 Å². The quantitative estimate of drug-likeness (QED) is 0.318. The summed E-state index contributed by atoms with van der Waals surface area (Å²) in [5, 5.41) is 2.99. The lowest BCUT2D eigenvalue weighted by atomic mass is 9.83. The molecule has 1 aliphatic carbocycles. The van der Waals surface area contributed by atoms with E-state index in [2.05, 4.69) is 27.8 Å². The summed E-state index contributed by atoms with van der Waals surface area (Å²) in [6, 6.07) is -0.111. The summed E-state index contributed by atoms with van der Waals surface area (Å²) in [5.74, 6) is 0.649. The summed E-state index contributed by atoms with van der Waals surface area (Å²) in [5.41, 5.74) is 0. The van der Waals surface area contributed by atoms with Crippen molar-refractivity contribution in [2.45, 2.75) is 24.7 Å². The normalized spacial score (nSPS) is 39.9. The molecular weight excluding hydrogens is 240 g/mol. The Kier molecular flexibility index (Phi) is 3.13. The predicted octanol–water partition coefficient (Wildman–Crippen LogP) is 1.92. The molecule has 0 N–H and O–H groups in total. The Morgan fingerprint density at radius 2 is 2.30 bits per heavy atom. The minimum absolute atomic E-state index is 0.0252. The molecule has 0 spiro atoms. The Labute approximate surface area is 75.7 Å². The van der Waals surface area contributed by atoms with E-state index in [-0.39, 0.29) is 11.9 Å². The smallest absolute Gasteiger partial charge is 0.0873 e. The van der Waals surface area contributed by atoms with Crippen LogP contribution in [0.2, 0.25) is 5.82 Å². The second-order valence-electron chi connectivity index (χ2n) is 2.83. The van der Waals surface area contributed by atoms with Crippen LogP contribution in [0, 0.1) is 10.8 Å². The Morgan fingerprint density at radius 1 is 1.60 bits per heavy atom. The van der Waals surface area contributed by atoms with E-state index < -0.39 is 0 Å². The second kappa shape index (κ2) is 3.69. The molecule has 0 aromatic heterocycles. The monoisotopic (exact) mass is 249 g/mol. The van der Waals surface area contributed by atoms with Gasteiger partial charge in [0.25, 0.3) is 0 Å². The highest BCUT2D eigenvalue weighted by molar-refractivity contribution is 14.1. The first-order valence-corrected chi connectivity index (χ1v) is 4.94. The fourth-order valence-electron chi connectivity index (χ4n) is 1.40. The van der Waals surface area contributed by atoms with Crippen molar-refractivity contribution in [2.24, 2.45) is 11.1 Å². The largest absolute Gasteiger partial charge is 0.151 e. The third-order valence-electron chi connectivity index (χ3n) is 2.03. The van der Waals surface area contributed by atoms with Gasteiger partial charge < -0.3 is 0 Å². The topological polar surface area (TPSA) is 29.4 Å². The number of hydrogen-bond donors (Lipinski definition) is 0. The lowest BCUT2D eigenvalue weighted by molar-refractivity contribution is 0.610. The molecule has 3 atom stereocenters. The zero-order valence-corrected chi connectivity index (χ0v) is 7.82. The zero-order chi connectivity index (χ0) is 7.56. The molecule has 2 radical (unpaired) electrons. The molecule has 54 valence electrons. The summed E-state index contributed by atoms with van der Waals surface area (Å²) in [6.45, 7) is 0. The van der Waals surface area contributed by atoms with Crippen molar-refractivity contribution in [3.8, 4) is 0 Å². The molecule has 2 nitrogen and oxygen atoms in total. The molecule has 0 aromatic rings. The lowest BCUT2D eigenvalue weighted by Gasteiger charge is -2.02. The van der Waals surface area contributed by atoms with Crippen LogP contribution in [0.3, 0.4) is 0 Å². The molecule has 0 heterocycles. The van der Waals surface area contributed by atoms with Crippen LogP contribution in [0.15, 0.2) is 5.18 Å². The van der Waals surface area contributed by atoms with Gasteiger partial charge in [-0.3, -0.25) is 0 Å². The molecule has 10 heavy (non-hydrogen) atoms. The lowest BCUT2D eigenvalue weighted by Crippen LogP contribution is -2.03. The Hall–Kier alpha value is 0.395. The highest BCUT2D eigenvalue weighted by Gasteiger charge is 2.30. The van der Waals surface area contributed by atoms with Gasteiger partial charge in [-0.25, -0.2) is 0 Å². The van der Waals surface area contributed by atoms with Gasteiger partial charge >= 0.3 is 0 Å². The van der Waals surface area contributed by atoms with Gasteiger partial charge in [0.05, 0.1) is 13.9 Å². The number of nitroso groups, excluding NO2 is 1. The summed E-state index contributed by atoms with van der Waals surface area (Å²) >= 11 is 2.33. The van der Waals surface area contributed by atoms with E-state index in [4.69, 9.17) is 7.85 Å². The maximum absolute atomic E-state index is 10.1. The number of hydrogen-bond acceptors (Lipinski definition) is 2. The van der Waals surface area contributed by atoms with Crippen LogP contribution in [0.25, 0.3) is 0 Å². The molecule has 0 aromatic carbocycles. The Bertz CT molecular complexity index is 133. The van der Waals surface area contributed by atoms with E-state index in [1.807, 2.05) is 0 Å². The van der Waals surface area contributed by atoms with Crippen molar-refractivity contribution < 1.29 is 0 Å². The van der Waals surface area contributed by atoms with Gasteiger partial charge in [-0.2, -0.15) is 4.91 Å². The standard InChI is InChI=1S/C6H9BINO/c7-5-1-4(3-8)2-6(5)9-10/h4-6H,1-3H2/t4-,5+,6?/m0/s1. The Balaban J connectivity index is 2.43. The predicted molar refractivity (Wildman–Crippen MR) is 50.7 cm³/mol. The molecule has 1 rings (SSSR count). The van der Waals surface area contributed by atoms with Gasteiger partial charge in [0, 0.05) is 4.43 Å². The van der Waals surface area contributed by atoms with Crippen molar-refractivity contribution in [2.75, 3.05) is 4.43 Å². The zero-order valence-electron chi connectivity index (χ0n) is 5.66. The highest BCUT2D eigenvalue weighted by Crippen LogP contribution is 2.36. The van der Waals surface area contributed by atoms with E-state index >= 15 is 0 Å². The van der Waals surface area contributed by atoms with Crippen molar-refractivity contribution >= 4 is 30.4 Å². The number of halogens is 1. The van der Waals surface area contributed by atoms with E-state index in [1.165, 1.54) is 0 Å². The first-order valence-electron chi connectivity index (χ1n) is 3.42. The summed E-state index contributed by atoms with van der Waals surface area (Å²) < 4.78 is 1.09. The molecule has 4 heteroatoms. The van der Waals surface area contributed by atoms with Crippen LogP contribution >= 0.6 is 22.6 Å². The van der Waals surface area contributed by atoms with Gasteiger partial charge in [-0.15, -0.1) is 0 Å². The van der Waals surface area contributed by atoms with Gasteiger partial charge in [0.15, 0.2) is 0 Å². The van der Waals surface area contributed by atoms with E-state index in [0.717, 1.165) is 17.3 Å². The minimum Gasteiger partial charge on any atom is -0.151 e. The van der Waals surface area contributed by atoms with Crippen LogP contribution in [-0.4, -0.2) is 18.3 Å². The van der Waals surface area contributed by atoms with Gasteiger partial charge in [-0.1, -0.05) is 40.0 Å². The maximum Gasteiger partial charge on any atom is 0.0873 e. The molecule has 1 fully saturated rings. The Morgan fingerprint density at radius 3 is 2.60 bits per heavy atom. The summed E-state index contributed by atoms with van der Waals surface area (Å²) in [6.07, 6.45) is 1.87. The van der Waals surface area contributed by atoms with Gasteiger partial charge in [0.1, 0.15) is 0 Å². The molecule has 0 saturated heterocycles. The maximum atomic E-state index is 10.1. The average molecular weight is 249 g/mol. The van der Waals surface area contributed by atoms with Gasteiger partial charge in [0.2, 0.25) is 0 Å². The van der Waals surface area contributed by atoms with Crippen LogP contribution in [0.1, 0.15) is 12.8 Å². The van der Waals surface area contributed by atoms with Crippen molar-refractivity contribution in [3.05, 3.63) is 4.91 Å².